The van der Waals surface area contributed by atoms with Crippen molar-refractivity contribution in [3.05, 3.63) is 35.4 Å². The van der Waals surface area contributed by atoms with E-state index in [2.05, 4.69) is 0 Å². The van der Waals surface area contributed by atoms with E-state index < -0.39 is 36.4 Å². The second-order valence-electron chi connectivity index (χ2n) is 5.70. The van der Waals surface area contributed by atoms with E-state index in [1.165, 1.54) is 0 Å². The van der Waals surface area contributed by atoms with E-state index in [1.54, 1.807) is 36.0 Å². The van der Waals surface area contributed by atoms with Crippen LogP contribution in [-0.4, -0.2) is 46.9 Å². The molecule has 1 aromatic carbocycles. The molecule has 0 radical (unpaired) electrons. The van der Waals surface area contributed by atoms with Crippen LogP contribution in [0, 0.1) is 5.41 Å². The Kier molecular flexibility index (Phi) is 5.47. The number of hydrogen-bond acceptors (Lipinski definition) is 3. The Morgan fingerprint density at radius 3 is 2.38 bits per heavy atom. The summed E-state index contributed by atoms with van der Waals surface area (Å²) in [7, 11) is 0. The standard InChI is InChI=1S/C16H18F3NO3S/c1-2-24-9-11-3-5-12(6-4-11)13(21)20-8-7-15(10-20,14(22)23)16(17,18)19/h3-6H,2,7-10H2,1H3,(H,22,23). The van der Waals surface area contributed by atoms with Gasteiger partial charge in [-0.15, -0.1) is 0 Å². The van der Waals surface area contributed by atoms with Gasteiger partial charge in [0.1, 0.15) is 0 Å². The van der Waals surface area contributed by atoms with Crippen molar-refractivity contribution in [2.24, 2.45) is 5.41 Å². The zero-order chi connectivity index (χ0) is 18.0. The molecule has 1 aliphatic heterocycles. The van der Waals surface area contributed by atoms with Crippen molar-refractivity contribution in [3.8, 4) is 0 Å². The van der Waals surface area contributed by atoms with Crippen molar-refractivity contribution in [3.63, 3.8) is 0 Å². The minimum absolute atomic E-state index is 0.224. The van der Waals surface area contributed by atoms with Gasteiger partial charge in [0.15, 0.2) is 5.41 Å². The molecule has 1 fully saturated rings. The van der Waals surface area contributed by atoms with Gasteiger partial charge in [0.2, 0.25) is 0 Å². The van der Waals surface area contributed by atoms with Crippen molar-refractivity contribution in [1.29, 1.82) is 0 Å². The summed E-state index contributed by atoms with van der Waals surface area (Å²) in [4.78, 5) is 24.5. The summed E-state index contributed by atoms with van der Waals surface area (Å²) in [5, 5.41) is 9.03. The van der Waals surface area contributed by atoms with Crippen LogP contribution in [0.5, 0.6) is 0 Å². The van der Waals surface area contributed by atoms with E-state index in [4.69, 9.17) is 5.11 Å². The second-order valence-corrected chi connectivity index (χ2v) is 6.97. The summed E-state index contributed by atoms with van der Waals surface area (Å²) in [6, 6.07) is 6.67. The number of carbonyl (C=O) groups is 2. The maximum Gasteiger partial charge on any atom is 0.406 e. The number of nitrogens with zero attached hydrogens (tertiary/aromatic N) is 1. The molecular formula is C16H18F3NO3S. The average Bonchev–Trinajstić information content (AvgIpc) is 2.99. The van der Waals surface area contributed by atoms with Gasteiger partial charge < -0.3 is 10.0 Å². The number of likely N-dealkylation sites (tertiary alicyclic amines) is 1. The van der Waals surface area contributed by atoms with Gasteiger partial charge in [-0.25, -0.2) is 0 Å². The molecule has 1 aliphatic rings. The number of hydrogen-bond donors (Lipinski definition) is 1. The van der Waals surface area contributed by atoms with Gasteiger partial charge >= 0.3 is 12.1 Å². The number of halogens is 3. The first kappa shape index (κ1) is 18.6. The molecule has 2 rings (SSSR count). The van der Waals surface area contributed by atoms with Crippen LogP contribution in [0.1, 0.15) is 29.3 Å². The second kappa shape index (κ2) is 7.04. The third-order valence-corrected chi connectivity index (χ3v) is 5.13. The molecule has 0 aromatic heterocycles. The zero-order valence-electron chi connectivity index (χ0n) is 13.1. The van der Waals surface area contributed by atoms with Gasteiger partial charge in [-0.3, -0.25) is 9.59 Å². The largest absolute Gasteiger partial charge is 0.481 e. The monoisotopic (exact) mass is 361 g/mol. The first-order valence-corrected chi connectivity index (χ1v) is 8.63. The molecule has 0 aliphatic carbocycles. The Morgan fingerprint density at radius 2 is 1.92 bits per heavy atom. The number of aliphatic carboxylic acids is 1. The molecule has 1 N–H and O–H groups in total. The summed E-state index contributed by atoms with van der Waals surface area (Å²) in [6.45, 7) is 0.960. The molecule has 0 spiro atoms. The molecule has 8 heteroatoms. The normalized spacial score (nSPS) is 21.1. The fourth-order valence-corrected chi connectivity index (χ4v) is 3.29. The number of carbonyl (C=O) groups excluding carboxylic acids is 1. The lowest BCUT2D eigenvalue weighted by atomic mass is 9.86. The zero-order valence-corrected chi connectivity index (χ0v) is 13.9. The predicted octanol–water partition coefficient (Wildman–Crippen LogP) is 3.42. The van der Waals surface area contributed by atoms with E-state index in [0.29, 0.717) is 0 Å². The van der Waals surface area contributed by atoms with Crippen LogP contribution >= 0.6 is 11.8 Å². The maximum absolute atomic E-state index is 13.2. The Balaban J connectivity index is 2.13. The van der Waals surface area contributed by atoms with Gasteiger partial charge in [0, 0.05) is 24.4 Å². The minimum Gasteiger partial charge on any atom is -0.481 e. The summed E-state index contributed by atoms with van der Waals surface area (Å²) in [5.74, 6) is -0.747. The third-order valence-electron chi connectivity index (χ3n) is 4.18. The SMILES string of the molecule is CCSCc1ccc(C(=O)N2CCC(C(=O)O)(C(F)(F)F)C2)cc1. The molecule has 0 bridgehead atoms. The Labute approximate surface area is 142 Å². The molecule has 1 unspecified atom stereocenters. The summed E-state index contributed by atoms with van der Waals surface area (Å²) >= 11 is 1.72. The topological polar surface area (TPSA) is 57.6 Å². The van der Waals surface area contributed by atoms with Crippen LogP contribution in [0.3, 0.4) is 0 Å². The van der Waals surface area contributed by atoms with Gasteiger partial charge in [0.05, 0.1) is 0 Å². The minimum atomic E-state index is -4.89. The van der Waals surface area contributed by atoms with Crippen LogP contribution < -0.4 is 0 Å². The van der Waals surface area contributed by atoms with Gasteiger partial charge in [-0.05, 0) is 29.9 Å². The van der Waals surface area contributed by atoms with E-state index in [9.17, 15) is 22.8 Å². The molecule has 1 atom stereocenters. The molecule has 24 heavy (non-hydrogen) atoms. The van der Waals surface area contributed by atoms with Crippen LogP contribution in [0.2, 0.25) is 0 Å². The van der Waals surface area contributed by atoms with Crippen molar-refractivity contribution >= 4 is 23.6 Å². The first-order chi connectivity index (χ1) is 11.2. The molecule has 132 valence electrons. The van der Waals surface area contributed by atoms with Crippen LogP contribution in [0.25, 0.3) is 0 Å². The van der Waals surface area contributed by atoms with Crippen molar-refractivity contribution in [2.75, 3.05) is 18.8 Å². The first-order valence-electron chi connectivity index (χ1n) is 7.47. The fourth-order valence-electron chi connectivity index (χ4n) is 2.66. The lowest BCUT2D eigenvalue weighted by Crippen LogP contribution is -2.47. The van der Waals surface area contributed by atoms with E-state index in [-0.39, 0.29) is 12.1 Å². The fraction of sp³-hybridized carbons (Fsp3) is 0.500. The molecule has 1 aromatic rings. The van der Waals surface area contributed by atoms with Crippen molar-refractivity contribution in [2.45, 2.75) is 25.3 Å². The number of alkyl halides is 3. The number of carboxylic acids is 1. The lowest BCUT2D eigenvalue weighted by molar-refractivity contribution is -0.227. The van der Waals surface area contributed by atoms with E-state index in [0.717, 1.165) is 22.0 Å². The van der Waals surface area contributed by atoms with Gasteiger partial charge in [-0.2, -0.15) is 24.9 Å². The summed E-state index contributed by atoms with van der Waals surface area (Å²) < 4.78 is 39.5. The quantitative estimate of drug-likeness (QED) is 0.873. The number of rotatable bonds is 5. The lowest BCUT2D eigenvalue weighted by Gasteiger charge is -2.27. The molecule has 0 saturated carbocycles. The number of benzene rings is 1. The highest BCUT2D eigenvalue weighted by Gasteiger charge is 2.64. The molecule has 4 nitrogen and oxygen atoms in total. The Hall–Kier alpha value is -1.70. The van der Waals surface area contributed by atoms with E-state index in [1.807, 2.05) is 6.92 Å². The van der Waals surface area contributed by atoms with Gasteiger partial charge in [-0.1, -0.05) is 19.1 Å². The average molecular weight is 361 g/mol. The van der Waals surface area contributed by atoms with Gasteiger partial charge in [0.25, 0.3) is 5.91 Å². The highest BCUT2D eigenvalue weighted by Crippen LogP contribution is 2.46. The Morgan fingerprint density at radius 1 is 1.29 bits per heavy atom. The van der Waals surface area contributed by atoms with Crippen LogP contribution in [0.15, 0.2) is 24.3 Å². The number of carboxylic acid groups (broad SMARTS) is 1. The number of thioether (sulfide) groups is 1. The molecule has 1 saturated heterocycles. The van der Waals surface area contributed by atoms with Crippen molar-refractivity contribution in [1.82, 2.24) is 4.90 Å². The highest BCUT2D eigenvalue weighted by molar-refractivity contribution is 7.98. The third kappa shape index (κ3) is 3.53. The van der Waals surface area contributed by atoms with Crippen molar-refractivity contribution < 1.29 is 27.9 Å². The number of amides is 1. The summed E-state index contributed by atoms with van der Waals surface area (Å²) in [5.41, 5.74) is -1.58. The maximum atomic E-state index is 13.2. The molecule has 1 heterocycles. The molecular weight excluding hydrogens is 343 g/mol. The Bertz CT molecular complexity index is 618. The van der Waals surface area contributed by atoms with Crippen LogP contribution in [-0.2, 0) is 10.5 Å². The predicted molar refractivity (Wildman–Crippen MR) is 84.9 cm³/mol. The van der Waals surface area contributed by atoms with E-state index >= 15 is 0 Å². The highest BCUT2D eigenvalue weighted by atomic mass is 32.2. The smallest absolute Gasteiger partial charge is 0.406 e. The molecule has 1 amide bonds. The summed E-state index contributed by atoms with van der Waals surface area (Å²) in [6.07, 6.45) is -5.52. The van der Waals surface area contributed by atoms with Crippen LogP contribution in [0.4, 0.5) is 13.2 Å².